The van der Waals surface area contributed by atoms with Crippen molar-refractivity contribution < 1.29 is 9.53 Å². The molecule has 3 heteroatoms. The summed E-state index contributed by atoms with van der Waals surface area (Å²) in [6.45, 7) is 6.89. The number of carbonyl (C=O) groups excluding carboxylic acids is 1. The molecule has 0 saturated heterocycles. The predicted octanol–water partition coefficient (Wildman–Crippen LogP) is 2.66. The van der Waals surface area contributed by atoms with E-state index in [1.807, 2.05) is 6.08 Å². The van der Waals surface area contributed by atoms with Crippen molar-refractivity contribution in [1.29, 1.82) is 0 Å². The molecule has 1 unspecified atom stereocenters. The first kappa shape index (κ1) is 15.2. The SMILES string of the molecule is CCCCCC(C)NC/C=C(/C)C(=O)OC. The zero-order valence-electron chi connectivity index (χ0n) is 11.0. The summed E-state index contributed by atoms with van der Waals surface area (Å²) < 4.78 is 4.61. The minimum absolute atomic E-state index is 0.250. The van der Waals surface area contributed by atoms with Crippen LogP contribution in [0.2, 0.25) is 0 Å². The van der Waals surface area contributed by atoms with E-state index in [-0.39, 0.29) is 5.97 Å². The average Bonchev–Trinajstić information content (AvgIpc) is 2.28. The van der Waals surface area contributed by atoms with Crippen molar-refractivity contribution >= 4 is 5.97 Å². The molecule has 16 heavy (non-hydrogen) atoms. The van der Waals surface area contributed by atoms with E-state index in [9.17, 15) is 4.79 Å². The molecular formula is C13H25NO2. The van der Waals surface area contributed by atoms with Gasteiger partial charge >= 0.3 is 5.97 Å². The van der Waals surface area contributed by atoms with Crippen LogP contribution in [0, 0.1) is 0 Å². The van der Waals surface area contributed by atoms with Gasteiger partial charge in [-0.1, -0.05) is 32.3 Å². The number of hydrogen-bond acceptors (Lipinski definition) is 3. The van der Waals surface area contributed by atoms with Crippen LogP contribution in [0.1, 0.15) is 46.5 Å². The highest BCUT2D eigenvalue weighted by Gasteiger charge is 2.03. The van der Waals surface area contributed by atoms with Crippen LogP contribution >= 0.6 is 0 Å². The number of nitrogens with one attached hydrogen (secondary N) is 1. The molecule has 0 saturated carbocycles. The molecule has 3 nitrogen and oxygen atoms in total. The van der Waals surface area contributed by atoms with Crippen LogP contribution in [-0.2, 0) is 9.53 Å². The Morgan fingerprint density at radius 2 is 2.12 bits per heavy atom. The van der Waals surface area contributed by atoms with Gasteiger partial charge in [0.25, 0.3) is 0 Å². The highest BCUT2D eigenvalue weighted by Crippen LogP contribution is 2.02. The second-order valence-electron chi connectivity index (χ2n) is 4.18. The monoisotopic (exact) mass is 227 g/mol. The molecule has 0 spiro atoms. The Morgan fingerprint density at radius 1 is 1.44 bits per heavy atom. The molecular weight excluding hydrogens is 202 g/mol. The van der Waals surface area contributed by atoms with Crippen LogP contribution in [0.3, 0.4) is 0 Å². The lowest BCUT2D eigenvalue weighted by molar-refractivity contribution is -0.136. The summed E-state index contributed by atoms with van der Waals surface area (Å²) in [5.74, 6) is -0.250. The molecule has 0 aromatic rings. The van der Waals surface area contributed by atoms with Crippen LogP contribution in [0.25, 0.3) is 0 Å². The summed E-state index contributed by atoms with van der Waals surface area (Å²) in [6.07, 6.45) is 6.89. The summed E-state index contributed by atoms with van der Waals surface area (Å²) in [5.41, 5.74) is 0.663. The van der Waals surface area contributed by atoms with Gasteiger partial charge in [-0.3, -0.25) is 0 Å². The smallest absolute Gasteiger partial charge is 0.333 e. The van der Waals surface area contributed by atoms with Gasteiger partial charge < -0.3 is 10.1 Å². The lowest BCUT2D eigenvalue weighted by Crippen LogP contribution is -2.26. The van der Waals surface area contributed by atoms with E-state index >= 15 is 0 Å². The fraction of sp³-hybridized carbons (Fsp3) is 0.769. The van der Waals surface area contributed by atoms with E-state index in [1.54, 1.807) is 6.92 Å². The van der Waals surface area contributed by atoms with Crippen LogP contribution < -0.4 is 5.32 Å². The van der Waals surface area contributed by atoms with E-state index in [0.717, 1.165) is 6.54 Å². The Labute approximate surface area is 99.3 Å². The maximum absolute atomic E-state index is 11.1. The van der Waals surface area contributed by atoms with Crippen molar-refractivity contribution in [3.05, 3.63) is 11.6 Å². The number of ether oxygens (including phenoxy) is 1. The highest BCUT2D eigenvalue weighted by atomic mass is 16.5. The Kier molecular flexibility index (Phi) is 8.91. The number of unbranched alkanes of at least 4 members (excludes halogenated alkanes) is 2. The van der Waals surface area contributed by atoms with Gasteiger partial charge in [-0.15, -0.1) is 0 Å². The van der Waals surface area contributed by atoms with Crippen LogP contribution in [0.15, 0.2) is 11.6 Å². The largest absolute Gasteiger partial charge is 0.466 e. The first-order chi connectivity index (χ1) is 7.61. The van der Waals surface area contributed by atoms with Crippen molar-refractivity contribution in [3.63, 3.8) is 0 Å². The first-order valence-corrected chi connectivity index (χ1v) is 6.10. The number of carbonyl (C=O) groups is 1. The molecule has 0 aliphatic carbocycles. The number of methoxy groups -OCH3 is 1. The average molecular weight is 227 g/mol. The fourth-order valence-corrected chi connectivity index (χ4v) is 1.46. The van der Waals surface area contributed by atoms with Gasteiger partial charge in [0.05, 0.1) is 7.11 Å². The molecule has 0 aliphatic heterocycles. The minimum atomic E-state index is -0.250. The minimum Gasteiger partial charge on any atom is -0.466 e. The summed E-state index contributed by atoms with van der Waals surface area (Å²) >= 11 is 0. The molecule has 1 atom stereocenters. The molecule has 94 valence electrons. The van der Waals surface area contributed by atoms with Gasteiger partial charge in [-0.25, -0.2) is 4.79 Å². The van der Waals surface area contributed by atoms with Gasteiger partial charge in [-0.05, 0) is 20.3 Å². The molecule has 0 heterocycles. The third-order valence-corrected chi connectivity index (χ3v) is 2.62. The molecule has 0 rings (SSSR count). The number of esters is 1. The van der Waals surface area contributed by atoms with Gasteiger partial charge in [-0.2, -0.15) is 0 Å². The van der Waals surface area contributed by atoms with Crippen molar-refractivity contribution in [2.75, 3.05) is 13.7 Å². The Bertz CT molecular complexity index is 224. The Morgan fingerprint density at radius 3 is 2.69 bits per heavy atom. The molecule has 0 bridgehead atoms. The second-order valence-corrected chi connectivity index (χ2v) is 4.18. The van der Waals surface area contributed by atoms with Crippen molar-refractivity contribution in [1.82, 2.24) is 5.32 Å². The van der Waals surface area contributed by atoms with Gasteiger partial charge in [0.1, 0.15) is 0 Å². The maximum Gasteiger partial charge on any atom is 0.333 e. The first-order valence-electron chi connectivity index (χ1n) is 6.10. The quantitative estimate of drug-likeness (QED) is 0.393. The third kappa shape index (κ3) is 7.46. The van der Waals surface area contributed by atoms with E-state index in [1.165, 1.54) is 32.8 Å². The molecule has 0 aromatic carbocycles. The molecule has 0 fully saturated rings. The summed E-state index contributed by atoms with van der Waals surface area (Å²) in [6, 6.07) is 0.508. The molecule has 0 amide bonds. The zero-order valence-corrected chi connectivity index (χ0v) is 11.0. The van der Waals surface area contributed by atoms with E-state index in [4.69, 9.17) is 0 Å². The van der Waals surface area contributed by atoms with Crippen LogP contribution in [-0.4, -0.2) is 25.7 Å². The number of rotatable bonds is 8. The molecule has 0 aromatic heterocycles. The van der Waals surface area contributed by atoms with Crippen molar-refractivity contribution in [2.45, 2.75) is 52.5 Å². The van der Waals surface area contributed by atoms with Crippen LogP contribution in [0.5, 0.6) is 0 Å². The molecule has 0 aliphatic rings. The van der Waals surface area contributed by atoms with Crippen molar-refractivity contribution in [2.24, 2.45) is 0 Å². The zero-order chi connectivity index (χ0) is 12.4. The van der Waals surface area contributed by atoms with E-state index in [0.29, 0.717) is 11.6 Å². The van der Waals surface area contributed by atoms with Gasteiger partial charge in [0, 0.05) is 18.2 Å². The van der Waals surface area contributed by atoms with Gasteiger partial charge in [0.15, 0.2) is 0 Å². The fourth-order valence-electron chi connectivity index (χ4n) is 1.46. The van der Waals surface area contributed by atoms with E-state index in [2.05, 4.69) is 23.9 Å². The normalized spacial score (nSPS) is 13.6. The van der Waals surface area contributed by atoms with Crippen LogP contribution in [0.4, 0.5) is 0 Å². The summed E-state index contributed by atoms with van der Waals surface area (Å²) in [5, 5.41) is 3.37. The Balaban J connectivity index is 3.67. The lowest BCUT2D eigenvalue weighted by Gasteiger charge is -2.11. The van der Waals surface area contributed by atoms with E-state index < -0.39 is 0 Å². The molecule has 1 N–H and O–H groups in total. The molecule has 0 radical (unpaired) electrons. The number of hydrogen-bond donors (Lipinski definition) is 1. The predicted molar refractivity (Wildman–Crippen MR) is 67.4 cm³/mol. The lowest BCUT2D eigenvalue weighted by atomic mass is 10.1. The third-order valence-electron chi connectivity index (χ3n) is 2.62. The van der Waals surface area contributed by atoms with Crippen molar-refractivity contribution in [3.8, 4) is 0 Å². The topological polar surface area (TPSA) is 38.3 Å². The second kappa shape index (κ2) is 9.40. The summed E-state index contributed by atoms with van der Waals surface area (Å²) in [7, 11) is 1.40. The highest BCUT2D eigenvalue weighted by molar-refractivity contribution is 5.87. The standard InChI is InChI=1S/C13H25NO2/c1-5-6-7-8-12(3)14-10-9-11(2)13(15)16-4/h9,12,14H,5-8,10H2,1-4H3/b11-9-. The van der Waals surface area contributed by atoms with Gasteiger partial charge in [0.2, 0.25) is 0 Å². The summed E-state index contributed by atoms with van der Waals surface area (Å²) in [4.78, 5) is 11.1. The maximum atomic E-state index is 11.1. The Hall–Kier alpha value is -0.830.